The minimum atomic E-state index is -4.62. The van der Waals surface area contributed by atoms with Gasteiger partial charge in [0.05, 0.1) is 16.0 Å². The van der Waals surface area contributed by atoms with Crippen LogP contribution >= 0.6 is 12.2 Å². The summed E-state index contributed by atoms with van der Waals surface area (Å²) in [6, 6.07) is 10.4. The van der Waals surface area contributed by atoms with Crippen molar-refractivity contribution in [2.75, 3.05) is 13.1 Å². The van der Waals surface area contributed by atoms with Gasteiger partial charge in [-0.3, -0.25) is 4.79 Å². The zero-order valence-corrected chi connectivity index (χ0v) is 17.1. The summed E-state index contributed by atoms with van der Waals surface area (Å²) >= 11 is 5.08. The number of nitrogens with one attached hydrogen (secondary N) is 3. The van der Waals surface area contributed by atoms with E-state index in [9.17, 15) is 26.4 Å². The van der Waals surface area contributed by atoms with Gasteiger partial charge in [0.1, 0.15) is 0 Å². The zero-order valence-electron chi connectivity index (χ0n) is 15.5. The van der Waals surface area contributed by atoms with Crippen molar-refractivity contribution < 1.29 is 26.4 Å². The first-order chi connectivity index (χ1) is 14.0. The van der Waals surface area contributed by atoms with E-state index in [1.54, 1.807) is 12.1 Å². The molecule has 0 saturated heterocycles. The molecule has 0 atom stereocenters. The second-order valence-electron chi connectivity index (χ2n) is 6.10. The van der Waals surface area contributed by atoms with Gasteiger partial charge in [-0.1, -0.05) is 24.3 Å². The lowest BCUT2D eigenvalue weighted by molar-refractivity contribution is -0.137. The van der Waals surface area contributed by atoms with Gasteiger partial charge in [-0.05, 0) is 42.0 Å². The fourth-order valence-electron chi connectivity index (χ4n) is 2.42. The minimum Gasteiger partial charge on any atom is -0.361 e. The Morgan fingerprint density at radius 3 is 2.17 bits per heavy atom. The first-order valence-corrected chi connectivity index (χ1v) is 10.5. The van der Waals surface area contributed by atoms with Crippen LogP contribution in [-0.2, 0) is 22.7 Å². The summed E-state index contributed by atoms with van der Waals surface area (Å²) < 4.78 is 61.3. The smallest absolute Gasteiger partial charge is 0.361 e. The summed E-state index contributed by atoms with van der Waals surface area (Å²) in [7, 11) is -3.76. The SMILES string of the molecule is NS(=O)(=O)c1ccc(CNC(=S)NCCNC(=O)c2ccccc2C(F)(F)F)cc1. The van der Waals surface area contributed by atoms with Crippen LogP contribution in [0.15, 0.2) is 53.4 Å². The summed E-state index contributed by atoms with van der Waals surface area (Å²) in [5.41, 5.74) is -0.696. The molecule has 0 aliphatic heterocycles. The number of carbonyl (C=O) groups is 1. The van der Waals surface area contributed by atoms with E-state index in [0.717, 1.165) is 17.7 Å². The van der Waals surface area contributed by atoms with E-state index >= 15 is 0 Å². The standard InChI is InChI=1S/C18H19F3N4O3S2/c19-18(20,21)15-4-2-1-3-14(15)16(26)23-9-10-24-17(29)25-11-12-5-7-13(8-6-12)30(22,27)28/h1-8H,9-11H2,(H,23,26)(H2,22,27,28)(H2,24,25,29). The molecule has 0 unspecified atom stereocenters. The Balaban J connectivity index is 1.76. The van der Waals surface area contributed by atoms with E-state index < -0.39 is 33.2 Å². The Morgan fingerprint density at radius 2 is 1.57 bits per heavy atom. The van der Waals surface area contributed by atoms with E-state index in [-0.39, 0.29) is 23.1 Å². The van der Waals surface area contributed by atoms with Gasteiger partial charge in [-0.25, -0.2) is 13.6 Å². The molecule has 7 nitrogen and oxygen atoms in total. The number of thiocarbonyl (C=S) groups is 1. The largest absolute Gasteiger partial charge is 0.417 e. The molecule has 30 heavy (non-hydrogen) atoms. The van der Waals surface area contributed by atoms with Gasteiger partial charge < -0.3 is 16.0 Å². The average Bonchev–Trinajstić information content (AvgIpc) is 2.68. The fourth-order valence-corrected chi connectivity index (χ4v) is 3.11. The molecule has 0 bridgehead atoms. The molecule has 2 aromatic carbocycles. The van der Waals surface area contributed by atoms with E-state index in [4.69, 9.17) is 17.4 Å². The third-order valence-corrected chi connectivity index (χ3v) is 5.10. The summed E-state index contributed by atoms with van der Waals surface area (Å²) in [5.74, 6) is -0.835. The highest BCUT2D eigenvalue weighted by atomic mass is 32.2. The van der Waals surface area contributed by atoms with Crippen molar-refractivity contribution >= 4 is 33.3 Å². The Hall–Kier alpha value is -2.70. The van der Waals surface area contributed by atoms with Gasteiger partial charge in [-0.15, -0.1) is 0 Å². The highest BCUT2D eigenvalue weighted by Gasteiger charge is 2.34. The van der Waals surface area contributed by atoms with Crippen LogP contribution in [0, 0.1) is 0 Å². The van der Waals surface area contributed by atoms with E-state index in [1.165, 1.54) is 24.3 Å². The molecule has 0 fully saturated rings. The van der Waals surface area contributed by atoms with Gasteiger partial charge in [0.15, 0.2) is 5.11 Å². The second kappa shape index (κ2) is 9.87. The Morgan fingerprint density at radius 1 is 0.967 bits per heavy atom. The molecule has 0 aromatic heterocycles. The van der Waals surface area contributed by atoms with Crippen molar-refractivity contribution in [3.63, 3.8) is 0 Å². The predicted molar refractivity (Wildman–Crippen MR) is 109 cm³/mol. The summed E-state index contributed by atoms with van der Waals surface area (Å²) in [6.45, 7) is 0.550. The third-order valence-electron chi connectivity index (χ3n) is 3.88. The minimum absolute atomic E-state index is 0.00482. The van der Waals surface area contributed by atoms with E-state index in [1.807, 2.05) is 0 Å². The maximum Gasteiger partial charge on any atom is 0.417 e. The Kier molecular flexibility index (Phi) is 7.76. The molecule has 162 valence electrons. The van der Waals surface area contributed by atoms with E-state index in [0.29, 0.717) is 6.54 Å². The van der Waals surface area contributed by atoms with Crippen molar-refractivity contribution in [2.24, 2.45) is 5.14 Å². The van der Waals surface area contributed by atoms with Crippen LogP contribution in [0.3, 0.4) is 0 Å². The van der Waals surface area contributed by atoms with Crippen molar-refractivity contribution in [1.82, 2.24) is 16.0 Å². The highest BCUT2D eigenvalue weighted by molar-refractivity contribution is 7.89. The lowest BCUT2D eigenvalue weighted by Gasteiger charge is -2.14. The number of alkyl halides is 3. The zero-order chi connectivity index (χ0) is 22.4. The molecular weight excluding hydrogens is 441 g/mol. The number of amides is 1. The maximum atomic E-state index is 13.0. The number of rotatable bonds is 7. The monoisotopic (exact) mass is 460 g/mol. The molecule has 0 radical (unpaired) electrons. The molecule has 0 heterocycles. The topological polar surface area (TPSA) is 113 Å². The first kappa shape index (κ1) is 23.6. The number of sulfonamides is 1. The van der Waals surface area contributed by atoms with Crippen molar-refractivity contribution in [3.8, 4) is 0 Å². The maximum absolute atomic E-state index is 13.0. The van der Waals surface area contributed by atoms with Gasteiger partial charge in [0.25, 0.3) is 5.91 Å². The normalized spacial score (nSPS) is 11.6. The highest BCUT2D eigenvalue weighted by Crippen LogP contribution is 2.31. The number of nitrogens with two attached hydrogens (primary N) is 1. The molecule has 0 aliphatic rings. The van der Waals surface area contributed by atoms with E-state index in [2.05, 4.69) is 16.0 Å². The summed E-state index contributed by atoms with van der Waals surface area (Å²) in [6.07, 6.45) is -4.62. The Bertz CT molecular complexity index is 1010. The number of primary sulfonamides is 1. The van der Waals surface area contributed by atoms with Crippen LogP contribution in [0.4, 0.5) is 13.2 Å². The van der Waals surface area contributed by atoms with Crippen LogP contribution in [0.2, 0.25) is 0 Å². The fraction of sp³-hybridized carbons (Fsp3) is 0.222. The van der Waals surface area contributed by atoms with Gasteiger partial charge in [-0.2, -0.15) is 13.2 Å². The number of benzene rings is 2. The number of halogens is 3. The molecule has 0 spiro atoms. The van der Waals surface area contributed by atoms with Crippen LogP contribution in [0.25, 0.3) is 0 Å². The van der Waals surface area contributed by atoms with Crippen molar-refractivity contribution in [2.45, 2.75) is 17.6 Å². The average molecular weight is 461 g/mol. The van der Waals surface area contributed by atoms with Crippen LogP contribution in [-0.4, -0.2) is 32.5 Å². The van der Waals surface area contributed by atoms with Crippen molar-refractivity contribution in [1.29, 1.82) is 0 Å². The third kappa shape index (κ3) is 6.97. The molecule has 0 saturated carbocycles. The van der Waals surface area contributed by atoms with Crippen LogP contribution in [0.1, 0.15) is 21.5 Å². The molecule has 1 amide bonds. The number of carbonyl (C=O) groups excluding carboxylic acids is 1. The first-order valence-electron chi connectivity index (χ1n) is 8.56. The quantitative estimate of drug-likeness (QED) is 0.370. The predicted octanol–water partition coefficient (Wildman–Crippen LogP) is 1.75. The molecule has 12 heteroatoms. The molecule has 5 N–H and O–H groups in total. The van der Waals surface area contributed by atoms with Gasteiger partial charge in [0, 0.05) is 19.6 Å². The molecule has 0 aliphatic carbocycles. The molecule has 2 aromatic rings. The van der Waals surface area contributed by atoms with Crippen LogP contribution < -0.4 is 21.1 Å². The van der Waals surface area contributed by atoms with Crippen LogP contribution in [0.5, 0.6) is 0 Å². The van der Waals surface area contributed by atoms with Crippen molar-refractivity contribution in [3.05, 3.63) is 65.2 Å². The number of hydrogen-bond donors (Lipinski definition) is 4. The van der Waals surface area contributed by atoms with Gasteiger partial charge >= 0.3 is 6.18 Å². The lowest BCUT2D eigenvalue weighted by Crippen LogP contribution is -2.40. The summed E-state index contributed by atoms with van der Waals surface area (Å²) in [4.78, 5) is 12.0. The molecule has 2 rings (SSSR count). The lowest BCUT2D eigenvalue weighted by atomic mass is 10.1. The van der Waals surface area contributed by atoms with Gasteiger partial charge in [0.2, 0.25) is 10.0 Å². The Labute approximate surface area is 176 Å². The summed E-state index contributed by atoms with van der Waals surface area (Å²) in [5, 5.41) is 13.4. The molecular formula is C18H19F3N4O3S2. The number of hydrogen-bond acceptors (Lipinski definition) is 4. The second-order valence-corrected chi connectivity index (χ2v) is 8.07.